The van der Waals surface area contributed by atoms with Gasteiger partial charge >= 0.3 is 12.0 Å². The Labute approximate surface area is 226 Å². The standard InChI is InChI=1S/C28H23F2N3O3S2/c1-36-25(34)24-26(37-17-18-6-3-2-4-7-18)38-27(31-24)33-15-5-14-32(28(33)35)21-11-8-19(9-12-21)22-16-20(29)10-13-23(22)30/h2-4,6-13,16H,5,14-15,17H2,1H3. The van der Waals surface area contributed by atoms with Crippen LogP contribution in [0.25, 0.3) is 11.1 Å². The summed E-state index contributed by atoms with van der Waals surface area (Å²) in [6, 6.07) is 19.7. The fourth-order valence-corrected chi connectivity index (χ4v) is 6.34. The molecule has 10 heteroatoms. The number of carbonyl (C=O) groups is 2. The van der Waals surface area contributed by atoms with Gasteiger partial charge < -0.3 is 4.74 Å². The van der Waals surface area contributed by atoms with E-state index in [1.807, 2.05) is 30.3 Å². The average molecular weight is 552 g/mol. The number of anilines is 2. The first kappa shape index (κ1) is 25.9. The van der Waals surface area contributed by atoms with Crippen molar-refractivity contribution in [3.63, 3.8) is 0 Å². The predicted octanol–water partition coefficient (Wildman–Crippen LogP) is 7.00. The number of thiazole rings is 1. The Hall–Kier alpha value is -3.76. The first-order valence-corrected chi connectivity index (χ1v) is 13.6. The van der Waals surface area contributed by atoms with Crippen LogP contribution in [0.5, 0.6) is 0 Å². The fourth-order valence-electron chi connectivity index (χ4n) is 4.14. The summed E-state index contributed by atoms with van der Waals surface area (Å²) in [5.41, 5.74) is 2.59. The number of rotatable bonds is 7. The number of amides is 2. The molecule has 1 fully saturated rings. The highest BCUT2D eigenvalue weighted by Gasteiger charge is 2.32. The van der Waals surface area contributed by atoms with Gasteiger partial charge in [0.25, 0.3) is 0 Å². The van der Waals surface area contributed by atoms with Crippen LogP contribution in [0.1, 0.15) is 22.5 Å². The van der Waals surface area contributed by atoms with Gasteiger partial charge in [0.2, 0.25) is 0 Å². The molecule has 1 aliphatic rings. The zero-order valence-corrected chi connectivity index (χ0v) is 22.0. The number of esters is 1. The number of hydrogen-bond acceptors (Lipinski definition) is 6. The maximum Gasteiger partial charge on any atom is 0.358 e. The van der Waals surface area contributed by atoms with Crippen LogP contribution < -0.4 is 9.80 Å². The van der Waals surface area contributed by atoms with E-state index in [2.05, 4.69) is 4.98 Å². The normalized spacial score (nSPS) is 13.6. The fraction of sp³-hybridized carbons (Fsp3) is 0.179. The summed E-state index contributed by atoms with van der Waals surface area (Å²) in [5, 5.41) is 0.425. The molecule has 0 saturated carbocycles. The minimum atomic E-state index is -0.551. The molecule has 0 aliphatic carbocycles. The minimum absolute atomic E-state index is 0.154. The maximum atomic E-state index is 14.2. The topological polar surface area (TPSA) is 62.7 Å². The highest BCUT2D eigenvalue weighted by atomic mass is 32.2. The number of thioether (sulfide) groups is 1. The van der Waals surface area contributed by atoms with Crippen LogP contribution in [0, 0.1) is 11.6 Å². The third-order valence-corrected chi connectivity index (χ3v) is 8.46. The van der Waals surface area contributed by atoms with E-state index in [9.17, 15) is 18.4 Å². The SMILES string of the molecule is COC(=O)c1nc(N2CCCN(c3ccc(-c4cc(F)ccc4F)cc3)C2=O)sc1SCc1ccccc1. The van der Waals surface area contributed by atoms with Crippen molar-refractivity contribution in [2.45, 2.75) is 16.4 Å². The van der Waals surface area contributed by atoms with Crippen molar-refractivity contribution in [3.05, 3.63) is 95.7 Å². The summed E-state index contributed by atoms with van der Waals surface area (Å²) in [4.78, 5) is 33.6. The molecule has 2 heterocycles. The van der Waals surface area contributed by atoms with Crippen molar-refractivity contribution in [1.82, 2.24) is 4.98 Å². The van der Waals surface area contributed by atoms with E-state index in [1.165, 1.54) is 30.2 Å². The number of urea groups is 1. The number of hydrogen-bond donors (Lipinski definition) is 0. The highest BCUT2D eigenvalue weighted by Crippen LogP contribution is 2.38. The number of halogens is 2. The molecule has 2 amide bonds. The van der Waals surface area contributed by atoms with Crippen LogP contribution in [-0.4, -0.2) is 37.2 Å². The van der Waals surface area contributed by atoms with Crippen molar-refractivity contribution in [3.8, 4) is 11.1 Å². The molecule has 1 aromatic heterocycles. The Bertz CT molecular complexity index is 1460. The molecule has 0 unspecified atom stereocenters. The molecule has 1 saturated heterocycles. The quantitative estimate of drug-likeness (QED) is 0.183. The summed E-state index contributed by atoms with van der Waals surface area (Å²) in [6.07, 6.45) is 0.686. The lowest BCUT2D eigenvalue weighted by molar-refractivity contribution is 0.0591. The van der Waals surface area contributed by atoms with Crippen molar-refractivity contribution in [1.29, 1.82) is 0 Å². The molecule has 0 N–H and O–H groups in total. The van der Waals surface area contributed by atoms with Crippen molar-refractivity contribution in [2.24, 2.45) is 0 Å². The first-order valence-electron chi connectivity index (χ1n) is 11.8. The Morgan fingerprint density at radius 3 is 2.50 bits per heavy atom. The Morgan fingerprint density at radius 1 is 1.03 bits per heavy atom. The lowest BCUT2D eigenvalue weighted by Crippen LogP contribution is -2.49. The Balaban J connectivity index is 1.37. The number of ether oxygens (including phenoxy) is 1. The van der Waals surface area contributed by atoms with E-state index in [0.29, 0.717) is 45.9 Å². The molecule has 38 heavy (non-hydrogen) atoms. The van der Waals surface area contributed by atoms with Crippen LogP contribution in [0.2, 0.25) is 0 Å². The second kappa shape index (κ2) is 11.3. The molecular weight excluding hydrogens is 528 g/mol. The third-order valence-electron chi connectivity index (χ3n) is 6.05. The van der Waals surface area contributed by atoms with Gasteiger partial charge in [-0.2, -0.15) is 0 Å². The molecule has 6 nitrogen and oxygen atoms in total. The van der Waals surface area contributed by atoms with Crippen molar-refractivity contribution in [2.75, 3.05) is 30.0 Å². The molecule has 0 radical (unpaired) electrons. The van der Waals surface area contributed by atoms with Gasteiger partial charge in [-0.1, -0.05) is 53.8 Å². The van der Waals surface area contributed by atoms with Crippen LogP contribution in [0.15, 0.2) is 77.0 Å². The van der Waals surface area contributed by atoms with Gasteiger partial charge in [0.15, 0.2) is 10.8 Å². The number of benzene rings is 3. The zero-order valence-electron chi connectivity index (χ0n) is 20.4. The molecular formula is C28H23F2N3O3S2. The van der Waals surface area contributed by atoms with E-state index in [0.717, 1.165) is 23.8 Å². The van der Waals surface area contributed by atoms with Crippen LogP contribution >= 0.6 is 23.1 Å². The second-order valence-electron chi connectivity index (χ2n) is 8.51. The largest absolute Gasteiger partial charge is 0.464 e. The Morgan fingerprint density at radius 2 is 1.76 bits per heavy atom. The van der Waals surface area contributed by atoms with E-state index in [1.54, 1.807) is 34.1 Å². The summed E-state index contributed by atoms with van der Waals surface area (Å²) in [7, 11) is 1.31. The molecule has 4 aromatic rings. The first-order chi connectivity index (χ1) is 18.4. The number of nitrogens with zero attached hydrogens (tertiary/aromatic N) is 3. The van der Waals surface area contributed by atoms with Gasteiger partial charge in [-0.3, -0.25) is 9.80 Å². The zero-order chi connectivity index (χ0) is 26.6. The highest BCUT2D eigenvalue weighted by molar-refractivity contribution is 8.00. The second-order valence-corrected chi connectivity index (χ2v) is 10.7. The average Bonchev–Trinajstić information content (AvgIpc) is 3.37. The van der Waals surface area contributed by atoms with E-state index >= 15 is 0 Å². The predicted molar refractivity (Wildman–Crippen MR) is 146 cm³/mol. The van der Waals surface area contributed by atoms with E-state index in [-0.39, 0.29) is 17.3 Å². The summed E-state index contributed by atoms with van der Waals surface area (Å²) >= 11 is 2.76. The molecule has 0 atom stereocenters. The monoisotopic (exact) mass is 551 g/mol. The van der Waals surface area contributed by atoms with Gasteiger partial charge in [-0.15, -0.1) is 11.8 Å². The maximum absolute atomic E-state index is 14.2. The smallest absolute Gasteiger partial charge is 0.358 e. The molecule has 3 aromatic carbocycles. The molecule has 0 spiro atoms. The number of methoxy groups -OCH3 is 1. The summed E-state index contributed by atoms with van der Waals surface area (Å²) < 4.78 is 33.5. The molecule has 5 rings (SSSR count). The van der Waals surface area contributed by atoms with Gasteiger partial charge in [0, 0.05) is 30.1 Å². The summed E-state index contributed by atoms with van der Waals surface area (Å²) in [6.45, 7) is 0.951. The minimum Gasteiger partial charge on any atom is -0.464 e. The van der Waals surface area contributed by atoms with Gasteiger partial charge in [0.1, 0.15) is 11.6 Å². The van der Waals surface area contributed by atoms with Gasteiger partial charge in [-0.25, -0.2) is 23.4 Å². The molecule has 1 aliphatic heterocycles. The van der Waals surface area contributed by atoms with Gasteiger partial charge in [0.05, 0.1) is 11.3 Å². The number of aromatic nitrogens is 1. The van der Waals surface area contributed by atoms with Crippen LogP contribution in [0.4, 0.5) is 24.4 Å². The molecule has 194 valence electrons. The van der Waals surface area contributed by atoms with Crippen LogP contribution in [-0.2, 0) is 10.5 Å². The van der Waals surface area contributed by atoms with Gasteiger partial charge in [-0.05, 0) is 47.9 Å². The van der Waals surface area contributed by atoms with Crippen molar-refractivity contribution < 1.29 is 23.1 Å². The van der Waals surface area contributed by atoms with Crippen LogP contribution in [0.3, 0.4) is 0 Å². The molecule has 0 bridgehead atoms. The van der Waals surface area contributed by atoms with E-state index < -0.39 is 17.6 Å². The third kappa shape index (κ3) is 5.41. The van der Waals surface area contributed by atoms with Crippen molar-refractivity contribution >= 4 is 45.9 Å². The number of carbonyl (C=O) groups excluding carboxylic acids is 2. The lowest BCUT2D eigenvalue weighted by atomic mass is 10.0. The van der Waals surface area contributed by atoms with E-state index in [4.69, 9.17) is 4.74 Å². The Kier molecular flexibility index (Phi) is 7.71. The summed E-state index contributed by atoms with van der Waals surface area (Å²) in [5.74, 6) is -0.955. The lowest BCUT2D eigenvalue weighted by Gasteiger charge is -2.34.